The number of thiazole rings is 1. The van der Waals surface area contributed by atoms with Gasteiger partial charge in [0.1, 0.15) is 11.4 Å². The number of likely N-dealkylation sites (tertiary alicyclic amines) is 1. The molecule has 0 aromatic carbocycles. The minimum Gasteiger partial charge on any atom is -0.348 e. The molecule has 0 bridgehead atoms. The molecule has 1 fully saturated rings. The topological polar surface area (TPSA) is 80.1 Å². The monoisotopic (exact) mass is 361 g/mol. The number of rotatable bonds is 4. The number of hydrogen-bond donors (Lipinski definition) is 1. The molecule has 7 nitrogen and oxygen atoms in total. The molecule has 1 N–H and O–H groups in total. The summed E-state index contributed by atoms with van der Waals surface area (Å²) in [4.78, 5) is 31.5. The molecule has 1 atom stereocenters. The van der Waals surface area contributed by atoms with Crippen molar-refractivity contribution < 1.29 is 9.59 Å². The van der Waals surface area contributed by atoms with E-state index in [2.05, 4.69) is 15.4 Å². The lowest BCUT2D eigenvalue weighted by molar-refractivity contribution is -0.132. The Morgan fingerprint density at radius 3 is 2.84 bits per heavy atom. The van der Waals surface area contributed by atoms with Crippen molar-refractivity contribution in [1.82, 2.24) is 25.0 Å². The zero-order valence-corrected chi connectivity index (χ0v) is 15.4. The van der Waals surface area contributed by atoms with Gasteiger partial charge in [0, 0.05) is 25.3 Å². The van der Waals surface area contributed by atoms with E-state index in [9.17, 15) is 9.59 Å². The summed E-state index contributed by atoms with van der Waals surface area (Å²) in [6.07, 6.45) is 6.16. The van der Waals surface area contributed by atoms with Gasteiger partial charge in [-0.15, -0.1) is 11.3 Å². The van der Waals surface area contributed by atoms with E-state index in [1.54, 1.807) is 16.4 Å². The molecule has 1 aliphatic rings. The number of hydrogen-bond acceptors (Lipinski definition) is 5. The van der Waals surface area contributed by atoms with Gasteiger partial charge in [0.05, 0.1) is 17.4 Å². The molecule has 0 radical (unpaired) electrons. The highest BCUT2D eigenvalue weighted by Crippen LogP contribution is 2.16. The zero-order valence-electron chi connectivity index (χ0n) is 14.6. The van der Waals surface area contributed by atoms with Crippen LogP contribution >= 0.6 is 11.3 Å². The summed E-state index contributed by atoms with van der Waals surface area (Å²) in [6.45, 7) is 5.45. The Morgan fingerprint density at radius 1 is 1.32 bits per heavy atom. The van der Waals surface area contributed by atoms with E-state index in [0.29, 0.717) is 11.4 Å². The molecule has 1 saturated heterocycles. The molecule has 3 rings (SSSR count). The van der Waals surface area contributed by atoms with E-state index < -0.39 is 0 Å². The van der Waals surface area contributed by atoms with Crippen LogP contribution in [-0.4, -0.2) is 50.6 Å². The third-order valence-corrected chi connectivity index (χ3v) is 5.35. The summed E-state index contributed by atoms with van der Waals surface area (Å²) in [7, 11) is 0. The number of carbonyl (C=O) groups excluding carboxylic acids is 2. The summed E-state index contributed by atoms with van der Waals surface area (Å²) in [6, 6.07) is 0.0961. The average molecular weight is 361 g/mol. The molecular weight excluding hydrogens is 338 g/mol. The molecule has 134 valence electrons. The van der Waals surface area contributed by atoms with Gasteiger partial charge in [0.15, 0.2) is 0 Å². The first-order chi connectivity index (χ1) is 12.0. The normalized spacial score (nSPS) is 18.0. The Kier molecular flexibility index (Phi) is 5.47. The number of nitrogens with zero attached hydrogens (tertiary/aromatic N) is 4. The Morgan fingerprint density at radius 2 is 2.16 bits per heavy atom. The van der Waals surface area contributed by atoms with E-state index in [0.717, 1.165) is 37.1 Å². The fourth-order valence-corrected chi connectivity index (χ4v) is 3.76. The van der Waals surface area contributed by atoms with Crippen molar-refractivity contribution in [3.63, 3.8) is 0 Å². The highest BCUT2D eigenvalue weighted by molar-refractivity contribution is 7.11. The van der Waals surface area contributed by atoms with E-state index in [-0.39, 0.29) is 24.4 Å². The van der Waals surface area contributed by atoms with Crippen LogP contribution in [0.3, 0.4) is 0 Å². The van der Waals surface area contributed by atoms with Crippen LogP contribution in [0.4, 0.5) is 0 Å². The first-order valence-corrected chi connectivity index (χ1v) is 9.38. The van der Waals surface area contributed by atoms with Crippen LogP contribution < -0.4 is 5.32 Å². The predicted octanol–water partition coefficient (Wildman–Crippen LogP) is 1.77. The highest BCUT2D eigenvalue weighted by atomic mass is 32.1. The fourth-order valence-electron chi connectivity index (χ4n) is 3.05. The third kappa shape index (κ3) is 4.45. The highest BCUT2D eigenvalue weighted by Gasteiger charge is 2.23. The molecule has 2 aromatic rings. The van der Waals surface area contributed by atoms with Crippen molar-refractivity contribution in [2.75, 3.05) is 13.1 Å². The second-order valence-corrected chi connectivity index (χ2v) is 7.32. The summed E-state index contributed by atoms with van der Waals surface area (Å²) >= 11 is 1.36. The SMILES string of the molecule is Cc1cnn(CC(=O)N2CCCC(NC(=O)c3scnc3C)CC2)c1. The lowest BCUT2D eigenvalue weighted by Gasteiger charge is -2.21. The molecule has 1 aliphatic heterocycles. The van der Waals surface area contributed by atoms with E-state index in [1.165, 1.54) is 11.3 Å². The van der Waals surface area contributed by atoms with Gasteiger partial charge in [0.25, 0.3) is 5.91 Å². The number of aromatic nitrogens is 3. The summed E-state index contributed by atoms with van der Waals surface area (Å²) in [5, 5.41) is 7.26. The van der Waals surface area contributed by atoms with Crippen molar-refractivity contribution in [3.05, 3.63) is 34.0 Å². The lowest BCUT2D eigenvalue weighted by Crippen LogP contribution is -2.37. The summed E-state index contributed by atoms with van der Waals surface area (Å²) in [5.41, 5.74) is 3.50. The van der Waals surface area contributed by atoms with Gasteiger partial charge < -0.3 is 10.2 Å². The standard InChI is InChI=1S/C17H23N5O2S/c1-12-8-19-22(9-12)10-15(23)21-6-3-4-14(5-7-21)20-17(24)16-13(2)18-11-25-16/h8-9,11,14H,3-7,10H2,1-2H3,(H,20,24). The second-order valence-electron chi connectivity index (χ2n) is 6.46. The van der Waals surface area contributed by atoms with Gasteiger partial charge in [-0.05, 0) is 38.7 Å². The lowest BCUT2D eigenvalue weighted by atomic mass is 10.1. The van der Waals surface area contributed by atoms with Gasteiger partial charge in [0.2, 0.25) is 5.91 Å². The first-order valence-electron chi connectivity index (χ1n) is 8.50. The van der Waals surface area contributed by atoms with Gasteiger partial charge in [-0.25, -0.2) is 4.98 Å². The summed E-state index contributed by atoms with van der Waals surface area (Å²) < 4.78 is 1.67. The molecule has 25 heavy (non-hydrogen) atoms. The van der Waals surface area contributed by atoms with Gasteiger partial charge in [-0.3, -0.25) is 14.3 Å². The van der Waals surface area contributed by atoms with E-state index in [1.807, 2.05) is 24.9 Å². The smallest absolute Gasteiger partial charge is 0.263 e. The van der Waals surface area contributed by atoms with Crippen LogP contribution in [0.25, 0.3) is 0 Å². The quantitative estimate of drug-likeness (QED) is 0.900. The van der Waals surface area contributed by atoms with Crippen molar-refractivity contribution in [2.45, 2.75) is 45.7 Å². The Labute approximate surface area is 151 Å². The fraction of sp³-hybridized carbons (Fsp3) is 0.529. The number of carbonyl (C=O) groups is 2. The molecule has 3 heterocycles. The molecule has 1 unspecified atom stereocenters. The van der Waals surface area contributed by atoms with Crippen molar-refractivity contribution in [1.29, 1.82) is 0 Å². The van der Waals surface area contributed by atoms with Crippen molar-refractivity contribution in [3.8, 4) is 0 Å². The van der Waals surface area contributed by atoms with Gasteiger partial charge >= 0.3 is 0 Å². The second kappa shape index (κ2) is 7.77. The Hall–Kier alpha value is -2.22. The largest absolute Gasteiger partial charge is 0.348 e. The molecule has 0 aliphatic carbocycles. The number of aryl methyl sites for hydroxylation is 2. The van der Waals surface area contributed by atoms with Crippen LogP contribution in [0.1, 0.15) is 40.2 Å². The van der Waals surface area contributed by atoms with Crippen LogP contribution in [0.2, 0.25) is 0 Å². The zero-order chi connectivity index (χ0) is 17.8. The molecule has 0 saturated carbocycles. The molecule has 2 amide bonds. The van der Waals surface area contributed by atoms with Crippen LogP contribution in [0.5, 0.6) is 0 Å². The Balaban J connectivity index is 1.52. The minimum absolute atomic E-state index is 0.0585. The summed E-state index contributed by atoms with van der Waals surface area (Å²) in [5.74, 6) is 0.0187. The van der Waals surface area contributed by atoms with Crippen molar-refractivity contribution >= 4 is 23.2 Å². The number of nitrogens with one attached hydrogen (secondary N) is 1. The van der Waals surface area contributed by atoms with Crippen LogP contribution in [0.15, 0.2) is 17.9 Å². The maximum Gasteiger partial charge on any atom is 0.263 e. The van der Waals surface area contributed by atoms with Crippen LogP contribution in [0, 0.1) is 13.8 Å². The third-order valence-electron chi connectivity index (χ3n) is 4.43. The van der Waals surface area contributed by atoms with Crippen LogP contribution in [-0.2, 0) is 11.3 Å². The van der Waals surface area contributed by atoms with Gasteiger partial charge in [-0.1, -0.05) is 0 Å². The first kappa shape index (κ1) is 17.6. The molecular formula is C17H23N5O2S. The van der Waals surface area contributed by atoms with E-state index >= 15 is 0 Å². The predicted molar refractivity (Wildman–Crippen MR) is 95.5 cm³/mol. The minimum atomic E-state index is -0.0585. The Bertz CT molecular complexity index is 754. The number of amides is 2. The molecule has 0 spiro atoms. The van der Waals surface area contributed by atoms with Crippen molar-refractivity contribution in [2.24, 2.45) is 0 Å². The maximum atomic E-state index is 12.5. The molecule has 2 aromatic heterocycles. The van der Waals surface area contributed by atoms with E-state index in [4.69, 9.17) is 0 Å². The molecule has 8 heteroatoms. The van der Waals surface area contributed by atoms with Gasteiger partial charge in [-0.2, -0.15) is 5.10 Å². The maximum absolute atomic E-state index is 12.5. The average Bonchev–Trinajstić information content (AvgIpc) is 3.10.